The van der Waals surface area contributed by atoms with E-state index in [-0.39, 0.29) is 6.04 Å². The Kier molecular flexibility index (Phi) is 4.53. The highest BCUT2D eigenvalue weighted by atomic mass is 16.6. The van der Waals surface area contributed by atoms with Crippen LogP contribution in [0.2, 0.25) is 0 Å². The number of para-hydroxylation sites is 1. The second-order valence-electron chi connectivity index (χ2n) is 4.73. The van der Waals surface area contributed by atoms with E-state index in [9.17, 15) is 4.79 Å². The summed E-state index contributed by atoms with van der Waals surface area (Å²) in [5, 5.41) is 0. The molecule has 1 aliphatic rings. The minimum absolute atomic E-state index is 0.109. The molecular weight excluding hydrogens is 256 g/mol. The van der Waals surface area contributed by atoms with Crippen LogP contribution in [0.15, 0.2) is 34.3 Å². The molecule has 1 heterocycles. The van der Waals surface area contributed by atoms with Crippen LogP contribution < -0.4 is 4.74 Å². The van der Waals surface area contributed by atoms with Gasteiger partial charge in [-0.15, -0.1) is 0 Å². The van der Waals surface area contributed by atoms with Crippen molar-refractivity contribution in [3.63, 3.8) is 0 Å². The van der Waals surface area contributed by atoms with E-state index in [1.165, 1.54) is 0 Å². The second-order valence-corrected chi connectivity index (χ2v) is 4.73. The van der Waals surface area contributed by atoms with Crippen LogP contribution in [0, 0.1) is 0 Å². The molecule has 0 aromatic heterocycles. The Morgan fingerprint density at radius 2 is 2.20 bits per heavy atom. The monoisotopic (exact) mass is 274 g/mol. The van der Waals surface area contributed by atoms with E-state index in [0.29, 0.717) is 12.4 Å². The van der Waals surface area contributed by atoms with Gasteiger partial charge in [-0.05, 0) is 26.8 Å². The lowest BCUT2D eigenvalue weighted by Gasteiger charge is -2.12. The maximum absolute atomic E-state index is 12.0. The van der Waals surface area contributed by atoms with Crippen molar-refractivity contribution in [2.75, 3.05) is 6.61 Å². The Balaban J connectivity index is 2.30. The third-order valence-electron chi connectivity index (χ3n) is 2.81. The largest absolute Gasteiger partial charge is 0.476 e. The van der Waals surface area contributed by atoms with Crippen molar-refractivity contribution >= 4 is 12.0 Å². The van der Waals surface area contributed by atoms with Gasteiger partial charge in [-0.3, -0.25) is 0 Å². The zero-order chi connectivity index (χ0) is 14.5. The lowest BCUT2D eigenvalue weighted by Crippen LogP contribution is -2.30. The molecule has 5 nitrogen and oxygen atoms in total. The van der Waals surface area contributed by atoms with Crippen LogP contribution in [0.5, 0.6) is 5.75 Å². The Hall–Kier alpha value is -2.13. The first kappa shape index (κ1) is 14.3. The van der Waals surface area contributed by atoms with Crippen molar-refractivity contribution in [2.24, 2.45) is 9.98 Å². The lowest BCUT2D eigenvalue weighted by atomic mass is 10.0. The molecule has 2 rings (SSSR count). The highest BCUT2D eigenvalue weighted by Crippen LogP contribution is 2.39. The number of carbonyl (C=O) groups excluding carboxylic acids is 1. The fourth-order valence-electron chi connectivity index (χ4n) is 1.95. The summed E-state index contributed by atoms with van der Waals surface area (Å²) in [6, 6.07) is 9.76. The molecule has 0 saturated carbocycles. The maximum atomic E-state index is 12.0. The third-order valence-corrected chi connectivity index (χ3v) is 2.81. The quantitative estimate of drug-likeness (QED) is 0.626. The van der Waals surface area contributed by atoms with Gasteiger partial charge in [0, 0.05) is 5.56 Å². The van der Waals surface area contributed by atoms with Crippen LogP contribution in [-0.2, 0) is 9.53 Å². The first-order valence-electron chi connectivity index (χ1n) is 6.70. The molecule has 20 heavy (non-hydrogen) atoms. The predicted molar refractivity (Wildman–Crippen MR) is 75.2 cm³/mol. The predicted octanol–water partition coefficient (Wildman–Crippen LogP) is 2.63. The number of aliphatic imine (C=N–C) groups is 2. The number of nitrogens with zero attached hydrogens (tertiary/aromatic N) is 2. The van der Waals surface area contributed by atoms with Crippen molar-refractivity contribution < 1.29 is 14.3 Å². The van der Waals surface area contributed by atoms with Gasteiger partial charge in [0.15, 0.2) is 0 Å². The molecule has 0 saturated heterocycles. The first-order chi connectivity index (χ1) is 9.63. The average molecular weight is 274 g/mol. The normalized spacial score (nSPS) is 19.8. The summed E-state index contributed by atoms with van der Waals surface area (Å²) in [7, 11) is 0. The summed E-state index contributed by atoms with van der Waals surface area (Å²) in [6.07, 6.45) is -0.762. The zero-order valence-electron chi connectivity index (χ0n) is 11.9. The average Bonchev–Trinajstić information content (AvgIpc) is 2.78. The minimum atomic E-state index is -0.762. The van der Waals surface area contributed by atoms with Gasteiger partial charge in [0.2, 0.25) is 6.10 Å². The van der Waals surface area contributed by atoms with Crippen LogP contribution in [0.25, 0.3) is 0 Å². The molecule has 0 N–H and O–H groups in total. The van der Waals surface area contributed by atoms with Gasteiger partial charge in [0.25, 0.3) is 0 Å². The Morgan fingerprint density at radius 3 is 2.90 bits per heavy atom. The molecule has 0 amide bonds. The summed E-state index contributed by atoms with van der Waals surface area (Å²) >= 11 is 0. The SMILES string of the molecule is CCOC(=O)C1Oc2ccccc2C1N=C=NC(C)C. The molecule has 2 atom stereocenters. The maximum Gasteiger partial charge on any atom is 0.350 e. The van der Waals surface area contributed by atoms with E-state index in [1.54, 1.807) is 6.92 Å². The molecule has 0 radical (unpaired) electrons. The minimum Gasteiger partial charge on any atom is -0.476 e. The van der Waals surface area contributed by atoms with Gasteiger partial charge in [-0.2, -0.15) is 0 Å². The molecule has 5 heteroatoms. The Labute approximate surface area is 118 Å². The first-order valence-corrected chi connectivity index (χ1v) is 6.70. The van der Waals surface area contributed by atoms with Crippen molar-refractivity contribution in [1.29, 1.82) is 0 Å². The number of ether oxygens (including phenoxy) is 2. The fourth-order valence-corrected chi connectivity index (χ4v) is 1.95. The number of esters is 1. The van der Waals surface area contributed by atoms with Gasteiger partial charge in [-0.1, -0.05) is 18.2 Å². The van der Waals surface area contributed by atoms with Crippen LogP contribution in [0.4, 0.5) is 0 Å². The molecule has 0 spiro atoms. The lowest BCUT2D eigenvalue weighted by molar-refractivity contribution is -0.151. The van der Waals surface area contributed by atoms with Crippen LogP contribution in [-0.4, -0.2) is 30.7 Å². The number of carbonyl (C=O) groups is 1. The van der Waals surface area contributed by atoms with Crippen LogP contribution in [0.1, 0.15) is 32.4 Å². The van der Waals surface area contributed by atoms with E-state index in [1.807, 2.05) is 38.1 Å². The number of hydrogen-bond donors (Lipinski definition) is 0. The highest BCUT2D eigenvalue weighted by Gasteiger charge is 2.40. The third kappa shape index (κ3) is 3.06. The molecule has 0 bridgehead atoms. The summed E-state index contributed by atoms with van der Waals surface area (Å²) < 4.78 is 10.7. The van der Waals surface area contributed by atoms with E-state index in [2.05, 4.69) is 16.0 Å². The molecule has 0 aliphatic carbocycles. The summed E-state index contributed by atoms with van der Waals surface area (Å²) in [5.41, 5.74) is 0.858. The topological polar surface area (TPSA) is 60.2 Å². The van der Waals surface area contributed by atoms with Crippen LogP contribution in [0.3, 0.4) is 0 Å². The van der Waals surface area contributed by atoms with Crippen molar-refractivity contribution in [3.8, 4) is 5.75 Å². The van der Waals surface area contributed by atoms with Crippen molar-refractivity contribution in [1.82, 2.24) is 0 Å². The van der Waals surface area contributed by atoms with E-state index >= 15 is 0 Å². The van der Waals surface area contributed by atoms with E-state index in [4.69, 9.17) is 9.47 Å². The van der Waals surface area contributed by atoms with Crippen LogP contribution >= 0.6 is 0 Å². The number of benzene rings is 1. The number of hydrogen-bond acceptors (Lipinski definition) is 5. The Bertz CT molecular complexity index is 548. The molecule has 1 aromatic carbocycles. The van der Waals surface area contributed by atoms with E-state index in [0.717, 1.165) is 5.56 Å². The molecule has 0 fully saturated rings. The van der Waals surface area contributed by atoms with Crippen molar-refractivity contribution in [3.05, 3.63) is 29.8 Å². The summed E-state index contributed by atoms with van der Waals surface area (Å²) in [6.45, 7) is 5.94. The molecule has 2 unspecified atom stereocenters. The summed E-state index contributed by atoms with van der Waals surface area (Å²) in [5.74, 6) is 0.245. The molecule has 106 valence electrons. The number of fused-ring (bicyclic) bond motifs is 1. The molecular formula is C15H18N2O3. The van der Waals surface area contributed by atoms with Crippen molar-refractivity contribution in [2.45, 2.75) is 39.0 Å². The Morgan fingerprint density at radius 1 is 1.45 bits per heavy atom. The van der Waals surface area contributed by atoms with Gasteiger partial charge < -0.3 is 9.47 Å². The molecule has 1 aromatic rings. The van der Waals surface area contributed by atoms with Gasteiger partial charge in [0.05, 0.1) is 18.7 Å². The second kappa shape index (κ2) is 6.35. The van der Waals surface area contributed by atoms with Gasteiger partial charge >= 0.3 is 5.97 Å². The molecule has 1 aliphatic heterocycles. The van der Waals surface area contributed by atoms with Gasteiger partial charge in [-0.25, -0.2) is 14.8 Å². The van der Waals surface area contributed by atoms with Gasteiger partial charge in [0.1, 0.15) is 11.8 Å². The van der Waals surface area contributed by atoms with E-state index < -0.39 is 18.1 Å². The summed E-state index contributed by atoms with van der Waals surface area (Å²) in [4.78, 5) is 20.3. The standard InChI is InChI=1S/C15H18N2O3/c1-4-19-15(18)14-13(17-9-16-10(2)3)11-7-5-6-8-12(11)20-14/h5-8,10,13-14H,4H2,1-3H3. The number of rotatable bonds is 4. The highest BCUT2D eigenvalue weighted by molar-refractivity contribution is 5.78. The zero-order valence-corrected chi connectivity index (χ0v) is 11.9. The smallest absolute Gasteiger partial charge is 0.350 e. The fraction of sp³-hybridized carbons (Fsp3) is 0.467.